The normalized spacial score (nSPS) is 10.2. The summed E-state index contributed by atoms with van der Waals surface area (Å²) in [4.78, 5) is 0. The molecule has 0 saturated carbocycles. The van der Waals surface area contributed by atoms with Crippen molar-refractivity contribution in [2.24, 2.45) is 0 Å². The SMILES string of the molecule is Cc1cc(C)c(NC(=S)Nc2ccc(Cl)cc2)c(Cl)c1. The maximum atomic E-state index is 6.24. The van der Waals surface area contributed by atoms with Crippen molar-refractivity contribution in [3.05, 3.63) is 57.6 Å². The number of hydrogen-bond acceptors (Lipinski definition) is 1. The first-order valence-corrected chi connectivity index (χ1v) is 7.22. The van der Waals surface area contributed by atoms with Gasteiger partial charge in [0.05, 0.1) is 10.7 Å². The number of aryl methyl sites for hydroxylation is 2. The Morgan fingerprint density at radius 3 is 2.25 bits per heavy atom. The molecule has 2 aromatic rings. The van der Waals surface area contributed by atoms with Crippen LogP contribution in [-0.2, 0) is 0 Å². The van der Waals surface area contributed by atoms with Crippen molar-refractivity contribution in [3.8, 4) is 0 Å². The topological polar surface area (TPSA) is 24.1 Å². The Bertz CT molecular complexity index is 616. The van der Waals surface area contributed by atoms with Gasteiger partial charge >= 0.3 is 0 Å². The highest BCUT2D eigenvalue weighted by molar-refractivity contribution is 7.80. The van der Waals surface area contributed by atoms with Gasteiger partial charge in [0, 0.05) is 10.7 Å². The Morgan fingerprint density at radius 1 is 1.00 bits per heavy atom. The molecular weight excluding hydrogens is 311 g/mol. The molecule has 2 aromatic carbocycles. The van der Waals surface area contributed by atoms with Crippen molar-refractivity contribution < 1.29 is 0 Å². The zero-order valence-corrected chi connectivity index (χ0v) is 13.5. The molecule has 0 aliphatic carbocycles. The molecule has 0 fully saturated rings. The molecule has 0 amide bonds. The standard InChI is InChI=1S/C15H14Cl2N2S/c1-9-7-10(2)14(13(17)8-9)19-15(20)18-12-5-3-11(16)4-6-12/h3-8H,1-2H3,(H2,18,19,20). The van der Waals surface area contributed by atoms with E-state index in [4.69, 9.17) is 35.4 Å². The third-order valence-corrected chi connectivity index (χ3v) is 3.53. The lowest BCUT2D eigenvalue weighted by Gasteiger charge is -2.14. The molecule has 0 aliphatic rings. The second kappa shape index (κ2) is 6.44. The van der Waals surface area contributed by atoms with Crippen LogP contribution >= 0.6 is 35.4 Å². The summed E-state index contributed by atoms with van der Waals surface area (Å²) in [6.07, 6.45) is 0. The Kier molecular flexibility index (Phi) is 4.86. The van der Waals surface area contributed by atoms with Crippen LogP contribution in [0, 0.1) is 13.8 Å². The molecule has 0 aromatic heterocycles. The first-order valence-electron chi connectivity index (χ1n) is 6.06. The minimum absolute atomic E-state index is 0.487. The average Bonchev–Trinajstić information content (AvgIpc) is 2.36. The molecule has 2 nitrogen and oxygen atoms in total. The van der Waals surface area contributed by atoms with Gasteiger partial charge in [-0.15, -0.1) is 0 Å². The predicted molar refractivity (Wildman–Crippen MR) is 92.2 cm³/mol. The van der Waals surface area contributed by atoms with Crippen molar-refractivity contribution in [2.45, 2.75) is 13.8 Å². The first kappa shape index (κ1) is 15.1. The van der Waals surface area contributed by atoms with E-state index in [1.807, 2.05) is 32.0 Å². The number of nitrogens with one attached hydrogen (secondary N) is 2. The van der Waals surface area contributed by atoms with Gasteiger partial charge in [-0.2, -0.15) is 0 Å². The van der Waals surface area contributed by atoms with Gasteiger partial charge in [-0.3, -0.25) is 0 Å². The molecule has 0 radical (unpaired) electrons. The molecule has 0 spiro atoms. The van der Waals surface area contributed by atoms with Gasteiger partial charge in [-0.25, -0.2) is 0 Å². The van der Waals surface area contributed by atoms with Crippen LogP contribution in [0.15, 0.2) is 36.4 Å². The van der Waals surface area contributed by atoms with E-state index >= 15 is 0 Å². The summed E-state index contributed by atoms with van der Waals surface area (Å²) in [7, 11) is 0. The summed E-state index contributed by atoms with van der Waals surface area (Å²) >= 11 is 17.4. The number of benzene rings is 2. The summed E-state index contributed by atoms with van der Waals surface area (Å²) in [5.41, 5.74) is 3.86. The molecule has 0 aliphatic heterocycles. The Balaban J connectivity index is 2.10. The second-order valence-corrected chi connectivity index (χ2v) is 5.78. The largest absolute Gasteiger partial charge is 0.332 e. The zero-order valence-electron chi connectivity index (χ0n) is 11.1. The van der Waals surface area contributed by atoms with E-state index in [9.17, 15) is 0 Å². The molecule has 5 heteroatoms. The molecule has 20 heavy (non-hydrogen) atoms. The van der Waals surface area contributed by atoms with Gasteiger partial charge in [-0.05, 0) is 67.5 Å². The van der Waals surface area contributed by atoms with Crippen LogP contribution in [0.25, 0.3) is 0 Å². The quantitative estimate of drug-likeness (QED) is 0.721. The minimum Gasteiger partial charge on any atom is -0.332 e. The van der Waals surface area contributed by atoms with Gasteiger partial charge < -0.3 is 10.6 Å². The zero-order chi connectivity index (χ0) is 14.7. The number of thiocarbonyl (C=S) groups is 1. The van der Waals surface area contributed by atoms with E-state index in [1.165, 1.54) is 0 Å². The first-order chi connectivity index (χ1) is 9.45. The smallest absolute Gasteiger partial charge is 0.175 e. The molecule has 0 heterocycles. The molecule has 104 valence electrons. The number of rotatable bonds is 2. The van der Waals surface area contributed by atoms with Crippen LogP contribution < -0.4 is 10.6 Å². The van der Waals surface area contributed by atoms with Crippen LogP contribution in [0.1, 0.15) is 11.1 Å². The maximum absolute atomic E-state index is 6.24. The van der Waals surface area contributed by atoms with Crippen molar-refractivity contribution in [2.75, 3.05) is 10.6 Å². The fourth-order valence-electron chi connectivity index (χ4n) is 1.88. The average molecular weight is 325 g/mol. The Labute approximate surface area is 134 Å². The second-order valence-electron chi connectivity index (χ2n) is 4.52. The van der Waals surface area contributed by atoms with Crippen molar-refractivity contribution in [1.29, 1.82) is 0 Å². The van der Waals surface area contributed by atoms with E-state index < -0.39 is 0 Å². The molecule has 2 rings (SSSR count). The van der Waals surface area contributed by atoms with E-state index in [0.717, 1.165) is 22.5 Å². The Morgan fingerprint density at radius 2 is 1.65 bits per heavy atom. The predicted octanol–water partition coefficient (Wildman–Crippen LogP) is 5.42. The lowest BCUT2D eigenvalue weighted by Crippen LogP contribution is -2.19. The lowest BCUT2D eigenvalue weighted by molar-refractivity contribution is 1.38. The molecular formula is C15H14Cl2N2S. The number of halogens is 2. The molecule has 2 N–H and O–H groups in total. The summed E-state index contributed by atoms with van der Waals surface area (Å²) in [6.45, 7) is 4.00. The van der Waals surface area contributed by atoms with E-state index in [2.05, 4.69) is 16.7 Å². The van der Waals surface area contributed by atoms with Crippen molar-refractivity contribution >= 4 is 51.9 Å². The minimum atomic E-state index is 0.487. The number of anilines is 2. The monoisotopic (exact) mass is 324 g/mol. The van der Waals surface area contributed by atoms with Gasteiger partial charge in [0.2, 0.25) is 0 Å². The third kappa shape index (κ3) is 3.85. The molecule has 0 atom stereocenters. The summed E-state index contributed by atoms with van der Waals surface area (Å²) in [5, 5.41) is 8.04. The fraction of sp³-hybridized carbons (Fsp3) is 0.133. The third-order valence-electron chi connectivity index (χ3n) is 2.77. The van der Waals surface area contributed by atoms with Crippen LogP contribution in [0.2, 0.25) is 10.0 Å². The Hall–Kier alpha value is -1.29. The van der Waals surface area contributed by atoms with Crippen LogP contribution in [-0.4, -0.2) is 5.11 Å². The highest BCUT2D eigenvalue weighted by Gasteiger charge is 2.07. The van der Waals surface area contributed by atoms with Gasteiger partial charge in [0.15, 0.2) is 5.11 Å². The molecule has 0 saturated heterocycles. The summed E-state index contributed by atoms with van der Waals surface area (Å²) in [5.74, 6) is 0. The molecule has 0 unspecified atom stereocenters. The lowest BCUT2D eigenvalue weighted by atomic mass is 10.1. The van der Waals surface area contributed by atoms with Crippen molar-refractivity contribution in [1.82, 2.24) is 0 Å². The van der Waals surface area contributed by atoms with Crippen molar-refractivity contribution in [3.63, 3.8) is 0 Å². The van der Waals surface area contributed by atoms with E-state index in [0.29, 0.717) is 15.2 Å². The highest BCUT2D eigenvalue weighted by Crippen LogP contribution is 2.27. The highest BCUT2D eigenvalue weighted by atomic mass is 35.5. The summed E-state index contributed by atoms with van der Waals surface area (Å²) < 4.78 is 0. The van der Waals surface area contributed by atoms with Crippen LogP contribution in [0.4, 0.5) is 11.4 Å². The van der Waals surface area contributed by atoms with E-state index in [-0.39, 0.29) is 0 Å². The number of hydrogen-bond donors (Lipinski definition) is 2. The summed E-state index contributed by atoms with van der Waals surface area (Å²) in [6, 6.07) is 11.3. The van der Waals surface area contributed by atoms with Gasteiger partial charge in [0.25, 0.3) is 0 Å². The fourth-order valence-corrected chi connectivity index (χ4v) is 2.60. The van der Waals surface area contributed by atoms with Crippen LogP contribution in [0.3, 0.4) is 0 Å². The van der Waals surface area contributed by atoms with E-state index in [1.54, 1.807) is 12.1 Å². The maximum Gasteiger partial charge on any atom is 0.175 e. The van der Waals surface area contributed by atoms with Crippen LogP contribution in [0.5, 0.6) is 0 Å². The van der Waals surface area contributed by atoms with Gasteiger partial charge in [-0.1, -0.05) is 29.3 Å². The van der Waals surface area contributed by atoms with Gasteiger partial charge in [0.1, 0.15) is 0 Å². The molecule has 0 bridgehead atoms.